The minimum atomic E-state index is 0.239. The fraction of sp³-hybridized carbons (Fsp3) is 0.381. The number of carbonyl (C=O) groups excluding carboxylic acids is 1. The average molecular weight is 339 g/mol. The topological polar surface area (TPSA) is 38.8 Å². The molecule has 0 unspecified atom stereocenters. The largest absolute Gasteiger partial charge is 0.496 e. The molecule has 0 saturated carbocycles. The van der Waals surface area contributed by atoms with E-state index in [-0.39, 0.29) is 5.91 Å². The van der Waals surface area contributed by atoms with Gasteiger partial charge in [-0.15, -0.1) is 0 Å². The van der Waals surface area contributed by atoms with Gasteiger partial charge in [-0.1, -0.05) is 42.5 Å². The third-order valence-electron chi connectivity index (χ3n) is 4.73. The number of para-hydroxylation sites is 1. The molecule has 4 heteroatoms. The predicted octanol–water partition coefficient (Wildman–Crippen LogP) is 3.40. The Morgan fingerprint density at radius 3 is 2.76 bits per heavy atom. The van der Waals surface area contributed by atoms with Crippen LogP contribution in [0.15, 0.2) is 48.5 Å². The highest BCUT2D eigenvalue weighted by atomic mass is 16.5. The Morgan fingerprint density at radius 2 is 1.96 bits per heavy atom. The molecule has 0 spiro atoms. The van der Waals surface area contributed by atoms with Crippen molar-refractivity contribution in [1.82, 2.24) is 4.90 Å². The average Bonchev–Trinajstić information content (AvgIpc) is 2.99. The number of carbonyl (C=O) groups is 1. The van der Waals surface area contributed by atoms with Gasteiger partial charge in [-0.25, -0.2) is 0 Å². The third-order valence-corrected chi connectivity index (χ3v) is 4.73. The van der Waals surface area contributed by atoms with Crippen molar-refractivity contribution in [3.05, 3.63) is 54.1 Å². The number of ether oxygens (including phenoxy) is 2. The third kappa shape index (κ3) is 4.20. The summed E-state index contributed by atoms with van der Waals surface area (Å²) in [5, 5.41) is 0. The lowest BCUT2D eigenvalue weighted by Gasteiger charge is -2.16. The van der Waals surface area contributed by atoms with Gasteiger partial charge < -0.3 is 14.4 Å². The van der Waals surface area contributed by atoms with Crippen LogP contribution in [0.3, 0.4) is 0 Å². The molecule has 0 bridgehead atoms. The minimum absolute atomic E-state index is 0.239. The second-order valence-electron chi connectivity index (χ2n) is 6.51. The summed E-state index contributed by atoms with van der Waals surface area (Å²) in [6, 6.07) is 16.6. The van der Waals surface area contributed by atoms with E-state index >= 15 is 0 Å². The van der Waals surface area contributed by atoms with Crippen molar-refractivity contribution in [2.24, 2.45) is 5.92 Å². The van der Waals surface area contributed by atoms with Gasteiger partial charge in [0.1, 0.15) is 5.75 Å². The highest BCUT2D eigenvalue weighted by Crippen LogP contribution is 2.31. The van der Waals surface area contributed by atoms with E-state index in [0.717, 1.165) is 29.8 Å². The van der Waals surface area contributed by atoms with Crippen molar-refractivity contribution < 1.29 is 14.3 Å². The number of methoxy groups -OCH3 is 2. The first-order valence-electron chi connectivity index (χ1n) is 8.70. The molecule has 1 saturated heterocycles. The molecule has 1 aliphatic rings. The van der Waals surface area contributed by atoms with Crippen LogP contribution in [-0.2, 0) is 16.0 Å². The van der Waals surface area contributed by atoms with E-state index in [2.05, 4.69) is 30.3 Å². The van der Waals surface area contributed by atoms with Gasteiger partial charge in [0.25, 0.3) is 0 Å². The number of amides is 1. The number of hydrogen-bond acceptors (Lipinski definition) is 3. The lowest BCUT2D eigenvalue weighted by Crippen LogP contribution is -2.28. The van der Waals surface area contributed by atoms with Gasteiger partial charge in [-0.2, -0.15) is 0 Å². The second-order valence-corrected chi connectivity index (χ2v) is 6.51. The number of hydrogen-bond donors (Lipinski definition) is 0. The van der Waals surface area contributed by atoms with Gasteiger partial charge in [0.05, 0.1) is 13.7 Å². The van der Waals surface area contributed by atoms with Crippen LogP contribution in [0.25, 0.3) is 11.1 Å². The lowest BCUT2D eigenvalue weighted by atomic mass is 9.95. The maximum absolute atomic E-state index is 12.1. The van der Waals surface area contributed by atoms with E-state index in [9.17, 15) is 4.79 Å². The first kappa shape index (κ1) is 17.5. The van der Waals surface area contributed by atoms with E-state index in [1.807, 2.05) is 23.1 Å². The molecule has 0 N–H and O–H groups in total. The van der Waals surface area contributed by atoms with Crippen LogP contribution in [0.4, 0.5) is 0 Å². The van der Waals surface area contributed by atoms with E-state index < -0.39 is 0 Å². The number of rotatable bonds is 7. The Balaban J connectivity index is 1.71. The molecule has 132 valence electrons. The molecule has 1 heterocycles. The van der Waals surface area contributed by atoms with Crippen LogP contribution in [0.1, 0.15) is 12.0 Å². The lowest BCUT2D eigenvalue weighted by molar-refractivity contribution is -0.128. The molecule has 0 radical (unpaired) electrons. The summed E-state index contributed by atoms with van der Waals surface area (Å²) in [5.74, 6) is 1.49. The summed E-state index contributed by atoms with van der Waals surface area (Å²) in [7, 11) is 3.36. The molecule has 25 heavy (non-hydrogen) atoms. The summed E-state index contributed by atoms with van der Waals surface area (Å²) in [4.78, 5) is 14.0. The van der Waals surface area contributed by atoms with Crippen LogP contribution in [0.2, 0.25) is 0 Å². The zero-order chi connectivity index (χ0) is 17.6. The van der Waals surface area contributed by atoms with E-state index in [1.54, 1.807) is 14.2 Å². The van der Waals surface area contributed by atoms with Gasteiger partial charge in [0, 0.05) is 32.2 Å². The standard InChI is InChI=1S/C21H25NO3/c1-24-11-10-22-15-17(14-21(22)23)12-16-6-5-7-18(13-16)19-8-3-4-9-20(19)25-2/h3-9,13,17H,10-12,14-15H2,1-2H3/t17-/m1/s1. The van der Waals surface area contributed by atoms with Crippen molar-refractivity contribution in [1.29, 1.82) is 0 Å². The molecule has 4 nitrogen and oxygen atoms in total. The van der Waals surface area contributed by atoms with Gasteiger partial charge >= 0.3 is 0 Å². The van der Waals surface area contributed by atoms with Crippen molar-refractivity contribution in [3.8, 4) is 16.9 Å². The Bertz CT molecular complexity index is 729. The molecule has 1 fully saturated rings. The van der Waals surface area contributed by atoms with Gasteiger partial charge in [0.2, 0.25) is 5.91 Å². The zero-order valence-corrected chi connectivity index (χ0v) is 14.9. The van der Waals surface area contributed by atoms with Gasteiger partial charge in [-0.3, -0.25) is 4.79 Å². The summed E-state index contributed by atoms with van der Waals surface area (Å²) >= 11 is 0. The maximum Gasteiger partial charge on any atom is 0.223 e. The Kier molecular flexibility index (Phi) is 5.71. The minimum Gasteiger partial charge on any atom is -0.496 e. The van der Waals surface area contributed by atoms with Crippen molar-refractivity contribution >= 4 is 5.91 Å². The fourth-order valence-electron chi connectivity index (χ4n) is 3.49. The van der Waals surface area contributed by atoms with E-state index in [4.69, 9.17) is 9.47 Å². The maximum atomic E-state index is 12.1. The molecular formula is C21H25NO3. The number of likely N-dealkylation sites (tertiary alicyclic amines) is 1. The van der Waals surface area contributed by atoms with Crippen LogP contribution in [0, 0.1) is 5.92 Å². The normalized spacial score (nSPS) is 17.1. The highest BCUT2D eigenvalue weighted by Gasteiger charge is 2.29. The van der Waals surface area contributed by atoms with E-state index in [1.165, 1.54) is 5.56 Å². The first-order chi connectivity index (χ1) is 12.2. The molecule has 1 aliphatic heterocycles. The first-order valence-corrected chi connectivity index (χ1v) is 8.70. The number of benzene rings is 2. The molecule has 0 aromatic heterocycles. The fourth-order valence-corrected chi connectivity index (χ4v) is 3.49. The van der Waals surface area contributed by atoms with Crippen LogP contribution < -0.4 is 4.74 Å². The Morgan fingerprint density at radius 1 is 1.12 bits per heavy atom. The van der Waals surface area contributed by atoms with Crippen molar-refractivity contribution in [2.75, 3.05) is 33.9 Å². The highest BCUT2D eigenvalue weighted by molar-refractivity contribution is 5.78. The smallest absolute Gasteiger partial charge is 0.223 e. The summed E-state index contributed by atoms with van der Waals surface area (Å²) in [6.45, 7) is 2.11. The molecule has 2 aromatic rings. The molecule has 0 aliphatic carbocycles. The van der Waals surface area contributed by atoms with Crippen molar-refractivity contribution in [3.63, 3.8) is 0 Å². The Labute approximate surface area is 149 Å². The Hall–Kier alpha value is -2.33. The van der Waals surface area contributed by atoms with Crippen LogP contribution >= 0.6 is 0 Å². The molecule has 1 amide bonds. The monoisotopic (exact) mass is 339 g/mol. The summed E-state index contributed by atoms with van der Waals surface area (Å²) in [5.41, 5.74) is 3.50. The quantitative estimate of drug-likeness (QED) is 0.776. The molecular weight excluding hydrogens is 314 g/mol. The van der Waals surface area contributed by atoms with Crippen LogP contribution in [0.5, 0.6) is 5.75 Å². The van der Waals surface area contributed by atoms with Gasteiger partial charge in [-0.05, 0) is 29.5 Å². The predicted molar refractivity (Wildman–Crippen MR) is 98.7 cm³/mol. The zero-order valence-electron chi connectivity index (χ0n) is 14.9. The number of nitrogens with zero attached hydrogens (tertiary/aromatic N) is 1. The van der Waals surface area contributed by atoms with E-state index in [0.29, 0.717) is 25.5 Å². The SMILES string of the molecule is COCCN1C[C@H](Cc2cccc(-c3ccccc3OC)c2)CC1=O. The molecule has 3 rings (SSSR count). The molecule has 2 aromatic carbocycles. The summed E-state index contributed by atoms with van der Waals surface area (Å²) < 4.78 is 10.6. The van der Waals surface area contributed by atoms with Crippen molar-refractivity contribution in [2.45, 2.75) is 12.8 Å². The van der Waals surface area contributed by atoms with Gasteiger partial charge in [0.15, 0.2) is 0 Å². The van der Waals surface area contributed by atoms with Crippen LogP contribution in [-0.4, -0.2) is 44.7 Å². The second kappa shape index (κ2) is 8.17. The molecule has 1 atom stereocenters. The summed E-state index contributed by atoms with van der Waals surface area (Å²) in [6.07, 6.45) is 1.54.